The van der Waals surface area contributed by atoms with Gasteiger partial charge in [0.05, 0.1) is 0 Å². The van der Waals surface area contributed by atoms with E-state index in [1.807, 2.05) is 38.1 Å². The van der Waals surface area contributed by atoms with E-state index in [0.717, 1.165) is 11.8 Å². The molecule has 0 bridgehead atoms. The van der Waals surface area contributed by atoms with Crippen LogP contribution in [0, 0.1) is 0 Å². The van der Waals surface area contributed by atoms with Gasteiger partial charge in [-0.05, 0) is 24.1 Å². The first-order valence-electron chi connectivity index (χ1n) is 5.04. The third-order valence-electron chi connectivity index (χ3n) is 1.76. The van der Waals surface area contributed by atoms with Gasteiger partial charge >= 0.3 is 0 Å². The van der Waals surface area contributed by atoms with E-state index in [9.17, 15) is 4.79 Å². The molecule has 1 rings (SSSR count). The first-order chi connectivity index (χ1) is 7.22. The average Bonchev–Trinajstić information content (AvgIpc) is 2.30. The Kier molecular flexibility index (Phi) is 7.56. The molecule has 0 amide bonds. The fourth-order valence-electron chi connectivity index (χ4n) is 1.00. The van der Waals surface area contributed by atoms with Crippen LogP contribution in [0.5, 0.6) is 0 Å². The van der Waals surface area contributed by atoms with Gasteiger partial charge in [-0.25, -0.2) is 0 Å². The Hall–Kier alpha value is -1.15. The second-order valence-electron chi connectivity index (χ2n) is 2.76. The minimum absolute atomic E-state index is 0.0325. The van der Waals surface area contributed by atoms with Gasteiger partial charge in [-0.15, -0.1) is 0 Å². The summed E-state index contributed by atoms with van der Waals surface area (Å²) in [6.07, 6.45) is 2.28. The molecule has 0 aliphatic carbocycles. The molecule has 3 heteroatoms. The molecule has 0 fully saturated rings. The second kappa shape index (κ2) is 8.18. The minimum atomic E-state index is -0.0325. The molecule has 0 atom stereocenters. The van der Waals surface area contributed by atoms with Gasteiger partial charge < -0.3 is 0 Å². The lowest BCUT2D eigenvalue weighted by Crippen LogP contribution is -2.34. The van der Waals surface area contributed by atoms with Crippen molar-refractivity contribution in [1.29, 1.82) is 0 Å². The molecule has 0 unspecified atom stereocenters. The largest absolute Gasteiger partial charge is 0.288 e. The minimum Gasteiger partial charge on any atom is -0.288 e. The molecule has 1 aromatic carbocycles. The van der Waals surface area contributed by atoms with Gasteiger partial charge in [-0.1, -0.05) is 37.6 Å². The van der Waals surface area contributed by atoms with Crippen molar-refractivity contribution in [2.75, 3.05) is 0 Å². The first kappa shape index (κ1) is 13.8. The number of aryl methyl sites for hydroxylation is 1. The number of rotatable bonds is 4. The number of halogens is 1. The number of benzene rings is 1. The summed E-state index contributed by atoms with van der Waals surface area (Å²) in [5.41, 5.74) is 1.10. The molecule has 82 valence electrons. The predicted octanol–water partition coefficient (Wildman–Crippen LogP) is 1.70. The van der Waals surface area contributed by atoms with Crippen LogP contribution in [0.25, 0.3) is 0 Å². The van der Waals surface area contributed by atoms with Crippen molar-refractivity contribution in [2.24, 2.45) is 0 Å². The standard InChI is InChI=1S/C10H10ClNO.C2H6/c11-9-4-1-8(2-5-9)3-6-10(13)7-12;1-2/h1-2,4-5,7,12H,3,6H2;1-2H3/p+1. The van der Waals surface area contributed by atoms with Crippen LogP contribution in [-0.4, -0.2) is 12.0 Å². The molecule has 0 spiro atoms. The molecule has 0 aromatic heterocycles. The van der Waals surface area contributed by atoms with Crippen molar-refractivity contribution in [3.05, 3.63) is 34.9 Å². The van der Waals surface area contributed by atoms with E-state index in [2.05, 4.69) is 0 Å². The Labute approximate surface area is 95.8 Å². The van der Waals surface area contributed by atoms with Crippen LogP contribution in [0.2, 0.25) is 5.02 Å². The van der Waals surface area contributed by atoms with Crippen LogP contribution >= 0.6 is 11.6 Å². The van der Waals surface area contributed by atoms with Crippen LogP contribution in [0.4, 0.5) is 0 Å². The zero-order valence-electron chi connectivity index (χ0n) is 9.16. The zero-order chi connectivity index (χ0) is 11.7. The van der Waals surface area contributed by atoms with Crippen molar-refractivity contribution < 1.29 is 10.2 Å². The van der Waals surface area contributed by atoms with Crippen LogP contribution in [0.15, 0.2) is 24.3 Å². The molecule has 0 radical (unpaired) electrons. The topological polar surface area (TPSA) is 42.7 Å². The number of carbonyl (C=O) groups is 1. The van der Waals surface area contributed by atoms with E-state index in [1.165, 1.54) is 0 Å². The van der Waals surface area contributed by atoms with Crippen molar-refractivity contribution in [3.63, 3.8) is 0 Å². The smallest absolute Gasteiger partial charge is 0.218 e. The molecule has 0 heterocycles. The van der Waals surface area contributed by atoms with Crippen LogP contribution in [-0.2, 0) is 11.2 Å². The lowest BCUT2D eigenvalue weighted by molar-refractivity contribution is -0.129. The summed E-state index contributed by atoms with van der Waals surface area (Å²) in [7, 11) is 0. The van der Waals surface area contributed by atoms with Crippen molar-refractivity contribution in [1.82, 2.24) is 0 Å². The fraction of sp³-hybridized carbons (Fsp3) is 0.333. The number of hydrogen-bond acceptors (Lipinski definition) is 1. The van der Waals surface area contributed by atoms with Gasteiger partial charge in [0.15, 0.2) is 0 Å². The van der Waals surface area contributed by atoms with Crippen molar-refractivity contribution in [2.45, 2.75) is 26.7 Å². The summed E-state index contributed by atoms with van der Waals surface area (Å²) >= 11 is 5.71. The highest BCUT2D eigenvalue weighted by atomic mass is 35.5. The summed E-state index contributed by atoms with van der Waals surface area (Å²) in [6.45, 7) is 4.00. The Morgan fingerprint density at radius 3 is 2.33 bits per heavy atom. The molecule has 2 nitrogen and oxygen atoms in total. The summed E-state index contributed by atoms with van der Waals surface area (Å²) < 4.78 is 0. The summed E-state index contributed by atoms with van der Waals surface area (Å²) in [6, 6.07) is 7.44. The Morgan fingerprint density at radius 1 is 1.33 bits per heavy atom. The Bertz CT molecular complexity index is 306. The van der Waals surface area contributed by atoms with E-state index < -0.39 is 0 Å². The van der Waals surface area contributed by atoms with Gasteiger partial charge in [-0.2, -0.15) is 0 Å². The summed E-state index contributed by atoms with van der Waals surface area (Å²) in [5, 5.41) is 5.77. The predicted molar refractivity (Wildman–Crippen MR) is 64.1 cm³/mol. The molecule has 0 saturated heterocycles. The van der Waals surface area contributed by atoms with E-state index >= 15 is 0 Å². The second-order valence-corrected chi connectivity index (χ2v) is 3.20. The van der Waals surface area contributed by atoms with Crippen molar-refractivity contribution in [3.8, 4) is 0 Å². The Balaban J connectivity index is 0.000000921. The van der Waals surface area contributed by atoms with E-state index in [4.69, 9.17) is 17.0 Å². The van der Waals surface area contributed by atoms with Crippen LogP contribution < -0.4 is 5.41 Å². The molecule has 1 aromatic rings. The maximum Gasteiger partial charge on any atom is 0.218 e. The van der Waals surface area contributed by atoms with Crippen LogP contribution in [0.3, 0.4) is 0 Å². The lowest BCUT2D eigenvalue weighted by Gasteiger charge is -1.97. The molecule has 15 heavy (non-hydrogen) atoms. The maximum atomic E-state index is 10.8. The zero-order valence-corrected chi connectivity index (χ0v) is 9.92. The van der Waals surface area contributed by atoms with Gasteiger partial charge in [0.1, 0.15) is 0 Å². The van der Waals surface area contributed by atoms with Crippen LogP contribution in [0.1, 0.15) is 25.8 Å². The van der Waals surface area contributed by atoms with Gasteiger partial charge in [0, 0.05) is 11.4 Å². The summed E-state index contributed by atoms with van der Waals surface area (Å²) in [4.78, 5) is 10.8. The number of carbonyl (C=O) groups excluding carboxylic acids is 1. The van der Waals surface area contributed by atoms with E-state index in [0.29, 0.717) is 17.9 Å². The number of Topliss-reactive ketones (excluding diaryl/α,β-unsaturated/α-hetero) is 1. The van der Waals surface area contributed by atoms with Crippen molar-refractivity contribution >= 4 is 23.6 Å². The Morgan fingerprint density at radius 2 is 1.87 bits per heavy atom. The first-order valence-corrected chi connectivity index (χ1v) is 5.42. The fourth-order valence-corrected chi connectivity index (χ4v) is 1.13. The number of hydrogen-bond donors (Lipinski definition) is 1. The normalized spacial score (nSPS) is 8.73. The SMILES string of the molecule is CC.[NH2+]=CC(=O)CCc1ccc(Cl)cc1. The number of ketones is 1. The molecule has 2 N–H and O–H groups in total. The monoisotopic (exact) mass is 226 g/mol. The average molecular weight is 227 g/mol. The highest BCUT2D eigenvalue weighted by molar-refractivity contribution is 6.30. The van der Waals surface area contributed by atoms with Gasteiger partial charge in [0.2, 0.25) is 12.0 Å². The quantitative estimate of drug-likeness (QED) is 0.781. The lowest BCUT2D eigenvalue weighted by atomic mass is 10.1. The molecular weight excluding hydrogens is 210 g/mol. The molecule has 0 saturated carbocycles. The maximum absolute atomic E-state index is 10.8. The highest BCUT2D eigenvalue weighted by Gasteiger charge is 2.00. The van der Waals surface area contributed by atoms with E-state index in [1.54, 1.807) is 0 Å². The summed E-state index contributed by atoms with van der Waals surface area (Å²) in [5.74, 6) is -0.0325. The third-order valence-corrected chi connectivity index (χ3v) is 2.01. The third kappa shape index (κ3) is 6.02. The van der Waals surface area contributed by atoms with Gasteiger partial charge in [0.25, 0.3) is 0 Å². The highest BCUT2D eigenvalue weighted by Crippen LogP contribution is 2.10. The number of nitrogens with two attached hydrogens (primary N) is 1. The van der Waals surface area contributed by atoms with E-state index in [-0.39, 0.29) is 5.78 Å². The van der Waals surface area contributed by atoms with Gasteiger partial charge in [-0.3, -0.25) is 10.2 Å². The molecule has 0 aliphatic rings. The molecule has 0 aliphatic heterocycles. The molecular formula is C12H17ClNO+.